The molecule has 1 aromatic rings. The van der Waals surface area contributed by atoms with Gasteiger partial charge in [-0.1, -0.05) is 20.8 Å². The van der Waals surface area contributed by atoms with Crippen LogP contribution < -0.4 is 10.1 Å². The van der Waals surface area contributed by atoms with Gasteiger partial charge in [0.15, 0.2) is 6.61 Å². The number of sulfonamides is 1. The third-order valence-electron chi connectivity index (χ3n) is 4.28. The molecule has 0 aromatic heterocycles. The van der Waals surface area contributed by atoms with E-state index in [-0.39, 0.29) is 17.4 Å². The molecule has 0 saturated carbocycles. The minimum atomic E-state index is -3.45. The van der Waals surface area contributed by atoms with E-state index in [1.165, 1.54) is 12.1 Å². The molecule has 0 aliphatic carbocycles. The van der Waals surface area contributed by atoms with Crippen molar-refractivity contribution in [1.82, 2.24) is 9.62 Å². The lowest BCUT2D eigenvalue weighted by molar-refractivity contribution is -0.123. The number of ether oxygens (including phenoxy) is 1. The Kier molecular flexibility index (Phi) is 6.84. The van der Waals surface area contributed by atoms with Crippen LogP contribution in [0.1, 0.15) is 33.6 Å². The van der Waals surface area contributed by atoms with Crippen LogP contribution in [0.15, 0.2) is 29.2 Å². The first-order valence-electron chi connectivity index (χ1n) is 8.78. The summed E-state index contributed by atoms with van der Waals surface area (Å²) in [5, 5.41) is 2.77. The van der Waals surface area contributed by atoms with Crippen molar-refractivity contribution in [2.45, 2.75) is 38.5 Å². The highest BCUT2D eigenvalue weighted by atomic mass is 32.2. The van der Waals surface area contributed by atoms with Gasteiger partial charge in [0.1, 0.15) is 5.75 Å². The van der Waals surface area contributed by atoms with E-state index in [0.29, 0.717) is 37.2 Å². The van der Waals surface area contributed by atoms with Gasteiger partial charge in [-0.3, -0.25) is 4.79 Å². The van der Waals surface area contributed by atoms with Crippen LogP contribution in [-0.2, 0) is 14.8 Å². The Bertz CT molecular complexity index is 663. The van der Waals surface area contributed by atoms with Crippen molar-refractivity contribution in [2.75, 3.05) is 26.2 Å². The largest absolute Gasteiger partial charge is 0.484 e. The molecular formula is C18H28N2O4S. The second-order valence-electron chi connectivity index (χ2n) is 7.04. The van der Waals surface area contributed by atoms with Gasteiger partial charge in [-0.05, 0) is 48.9 Å². The van der Waals surface area contributed by atoms with E-state index in [9.17, 15) is 13.2 Å². The van der Waals surface area contributed by atoms with E-state index in [2.05, 4.69) is 12.2 Å². The second kappa shape index (κ2) is 8.67. The van der Waals surface area contributed by atoms with E-state index in [4.69, 9.17) is 4.74 Å². The predicted molar refractivity (Wildman–Crippen MR) is 96.9 cm³/mol. The van der Waals surface area contributed by atoms with Crippen LogP contribution in [0.5, 0.6) is 5.75 Å². The van der Waals surface area contributed by atoms with Gasteiger partial charge in [-0.2, -0.15) is 4.31 Å². The minimum Gasteiger partial charge on any atom is -0.484 e. The molecule has 0 radical (unpaired) electrons. The van der Waals surface area contributed by atoms with Crippen molar-refractivity contribution >= 4 is 15.9 Å². The lowest BCUT2D eigenvalue weighted by Crippen LogP contribution is -2.37. The molecule has 1 heterocycles. The zero-order valence-electron chi connectivity index (χ0n) is 15.2. The summed E-state index contributed by atoms with van der Waals surface area (Å²) in [7, 11) is -3.45. The van der Waals surface area contributed by atoms with Crippen LogP contribution in [0.3, 0.4) is 0 Å². The summed E-state index contributed by atoms with van der Waals surface area (Å²) in [5.74, 6) is 1.24. The molecule has 0 spiro atoms. The van der Waals surface area contributed by atoms with Gasteiger partial charge in [0.25, 0.3) is 5.91 Å². The van der Waals surface area contributed by atoms with Gasteiger partial charge in [-0.25, -0.2) is 8.42 Å². The highest BCUT2D eigenvalue weighted by Crippen LogP contribution is 2.24. The zero-order valence-corrected chi connectivity index (χ0v) is 16.0. The second-order valence-corrected chi connectivity index (χ2v) is 8.98. The molecule has 0 bridgehead atoms. The molecule has 25 heavy (non-hydrogen) atoms. The van der Waals surface area contributed by atoms with Crippen LogP contribution >= 0.6 is 0 Å². The lowest BCUT2D eigenvalue weighted by Gasteiger charge is -2.29. The summed E-state index contributed by atoms with van der Waals surface area (Å²) >= 11 is 0. The summed E-state index contributed by atoms with van der Waals surface area (Å²) in [4.78, 5) is 11.9. The monoisotopic (exact) mass is 368 g/mol. The molecule has 2 rings (SSSR count). The summed E-state index contributed by atoms with van der Waals surface area (Å²) < 4.78 is 32.2. The van der Waals surface area contributed by atoms with Crippen molar-refractivity contribution < 1.29 is 17.9 Å². The van der Waals surface area contributed by atoms with Gasteiger partial charge in [0, 0.05) is 19.6 Å². The number of hydrogen-bond acceptors (Lipinski definition) is 4. The quantitative estimate of drug-likeness (QED) is 0.801. The molecule has 1 saturated heterocycles. The van der Waals surface area contributed by atoms with Gasteiger partial charge in [0.05, 0.1) is 4.90 Å². The molecule has 7 heteroatoms. The molecule has 1 aromatic carbocycles. The molecule has 1 N–H and O–H groups in total. The molecule has 1 aliphatic rings. The van der Waals surface area contributed by atoms with Gasteiger partial charge in [0.2, 0.25) is 10.0 Å². The van der Waals surface area contributed by atoms with Crippen molar-refractivity contribution in [2.24, 2.45) is 11.8 Å². The fourth-order valence-electron chi connectivity index (χ4n) is 2.60. The third kappa shape index (κ3) is 5.71. The third-order valence-corrected chi connectivity index (χ3v) is 6.19. The molecule has 6 nitrogen and oxygen atoms in total. The number of nitrogens with zero attached hydrogens (tertiary/aromatic N) is 1. The maximum Gasteiger partial charge on any atom is 0.257 e. The van der Waals surface area contributed by atoms with E-state index in [1.807, 2.05) is 13.8 Å². The van der Waals surface area contributed by atoms with Crippen molar-refractivity contribution in [3.05, 3.63) is 24.3 Å². The number of carbonyl (C=O) groups excluding carboxylic acids is 1. The normalized spacial score (nSPS) is 16.8. The predicted octanol–water partition coefficient (Wildman–Crippen LogP) is 2.26. The number of amides is 1. The first-order chi connectivity index (χ1) is 11.8. The first kappa shape index (κ1) is 19.7. The van der Waals surface area contributed by atoms with Crippen LogP contribution in [0.4, 0.5) is 0 Å². The summed E-state index contributed by atoms with van der Waals surface area (Å²) in [5.41, 5.74) is 0. The van der Waals surface area contributed by atoms with Gasteiger partial charge >= 0.3 is 0 Å². The van der Waals surface area contributed by atoms with E-state index in [1.54, 1.807) is 16.4 Å². The van der Waals surface area contributed by atoms with Crippen molar-refractivity contribution in [3.8, 4) is 5.75 Å². The Morgan fingerprint density at radius 3 is 2.40 bits per heavy atom. The van der Waals surface area contributed by atoms with Crippen LogP contribution in [-0.4, -0.2) is 44.9 Å². The van der Waals surface area contributed by atoms with Crippen molar-refractivity contribution in [3.63, 3.8) is 0 Å². The van der Waals surface area contributed by atoms with Gasteiger partial charge < -0.3 is 10.1 Å². The summed E-state index contributed by atoms with van der Waals surface area (Å²) in [6, 6.07) is 6.26. The highest BCUT2D eigenvalue weighted by molar-refractivity contribution is 7.89. The minimum absolute atomic E-state index is 0.0805. The highest BCUT2D eigenvalue weighted by Gasteiger charge is 2.27. The van der Waals surface area contributed by atoms with Crippen LogP contribution in [0, 0.1) is 11.8 Å². The number of nitrogens with one attached hydrogen (secondary N) is 1. The lowest BCUT2D eigenvalue weighted by atomic mass is 10.0. The van der Waals surface area contributed by atoms with Crippen LogP contribution in [0.2, 0.25) is 0 Å². The Balaban J connectivity index is 1.91. The molecule has 0 atom stereocenters. The molecule has 140 valence electrons. The maximum atomic E-state index is 12.6. The Labute approximate surface area is 150 Å². The molecule has 1 aliphatic heterocycles. The number of piperidine rings is 1. The standard InChI is InChI=1S/C18H28N2O4S/c1-14(2)12-19-18(21)13-24-16-4-6-17(7-5-16)25(22,23)20-10-8-15(3)9-11-20/h4-7,14-15H,8-13H2,1-3H3,(H,19,21). The Morgan fingerprint density at radius 2 is 1.84 bits per heavy atom. The molecule has 1 fully saturated rings. The fraction of sp³-hybridized carbons (Fsp3) is 0.611. The smallest absolute Gasteiger partial charge is 0.257 e. The first-order valence-corrected chi connectivity index (χ1v) is 10.2. The summed E-state index contributed by atoms with van der Waals surface area (Å²) in [6.45, 7) is 7.84. The molecule has 1 amide bonds. The average Bonchev–Trinajstić information content (AvgIpc) is 2.59. The van der Waals surface area contributed by atoms with Crippen molar-refractivity contribution in [1.29, 1.82) is 0 Å². The topological polar surface area (TPSA) is 75.7 Å². The number of carbonyl (C=O) groups is 1. The number of benzene rings is 1. The molecular weight excluding hydrogens is 340 g/mol. The maximum absolute atomic E-state index is 12.6. The van der Waals surface area contributed by atoms with Crippen LogP contribution in [0.25, 0.3) is 0 Å². The van der Waals surface area contributed by atoms with E-state index in [0.717, 1.165) is 12.8 Å². The fourth-order valence-corrected chi connectivity index (χ4v) is 4.07. The average molecular weight is 368 g/mol. The van der Waals surface area contributed by atoms with E-state index >= 15 is 0 Å². The molecule has 0 unspecified atom stereocenters. The van der Waals surface area contributed by atoms with Gasteiger partial charge in [-0.15, -0.1) is 0 Å². The Morgan fingerprint density at radius 1 is 1.24 bits per heavy atom. The Hall–Kier alpha value is -1.60. The zero-order chi connectivity index (χ0) is 18.4. The SMILES string of the molecule is CC(C)CNC(=O)COc1ccc(S(=O)(=O)N2CCC(C)CC2)cc1. The number of rotatable bonds is 7. The summed E-state index contributed by atoms with van der Waals surface area (Å²) in [6.07, 6.45) is 1.79. The number of hydrogen-bond donors (Lipinski definition) is 1. The van der Waals surface area contributed by atoms with E-state index < -0.39 is 10.0 Å².